The van der Waals surface area contributed by atoms with Gasteiger partial charge >= 0.3 is 0 Å². The van der Waals surface area contributed by atoms with Crippen molar-refractivity contribution in [2.75, 3.05) is 0 Å². The zero-order valence-electron chi connectivity index (χ0n) is 9.49. The van der Waals surface area contributed by atoms with Gasteiger partial charge in [-0.15, -0.1) is 0 Å². The molecular weight excluding hydrogens is 202 g/mol. The van der Waals surface area contributed by atoms with Gasteiger partial charge in [0.2, 0.25) is 5.78 Å². The molecule has 84 valence electrons. The van der Waals surface area contributed by atoms with Gasteiger partial charge in [-0.3, -0.25) is 4.79 Å². The highest BCUT2D eigenvalue weighted by Crippen LogP contribution is 2.23. The molecule has 3 nitrogen and oxygen atoms in total. The minimum absolute atomic E-state index is 0.127. The molecule has 0 bridgehead atoms. The zero-order chi connectivity index (χ0) is 11.7. The quantitative estimate of drug-likeness (QED) is 0.804. The Balaban J connectivity index is 2.48. The molecule has 1 heterocycles. The van der Waals surface area contributed by atoms with E-state index in [1.165, 1.54) is 0 Å². The van der Waals surface area contributed by atoms with Crippen LogP contribution in [-0.2, 0) is 0 Å². The molecule has 1 aromatic heterocycles. The van der Waals surface area contributed by atoms with Crippen molar-refractivity contribution >= 4 is 16.8 Å². The van der Waals surface area contributed by atoms with E-state index in [2.05, 4.69) is 0 Å². The monoisotopic (exact) mass is 217 g/mol. The molecular formula is C13H15NO2. The van der Waals surface area contributed by atoms with Gasteiger partial charge in [-0.2, -0.15) is 0 Å². The minimum atomic E-state index is -0.471. The van der Waals surface area contributed by atoms with Gasteiger partial charge in [-0.1, -0.05) is 25.1 Å². The predicted molar refractivity (Wildman–Crippen MR) is 63.5 cm³/mol. The number of nitrogens with two attached hydrogens (primary N) is 1. The second kappa shape index (κ2) is 4.10. The molecule has 3 heteroatoms. The summed E-state index contributed by atoms with van der Waals surface area (Å²) in [4.78, 5) is 11.8. The second-order valence-electron chi connectivity index (χ2n) is 3.98. The number of hydrogen-bond donors (Lipinski definition) is 1. The summed E-state index contributed by atoms with van der Waals surface area (Å²) in [6.45, 7) is 3.84. The second-order valence-corrected chi connectivity index (χ2v) is 3.98. The van der Waals surface area contributed by atoms with Crippen LogP contribution in [-0.4, -0.2) is 11.8 Å². The van der Waals surface area contributed by atoms with E-state index in [1.807, 2.05) is 32.0 Å². The molecule has 2 N–H and O–H groups in total. The summed E-state index contributed by atoms with van der Waals surface area (Å²) in [5, 5.41) is 0.951. The zero-order valence-corrected chi connectivity index (χ0v) is 9.49. The molecule has 0 spiro atoms. The van der Waals surface area contributed by atoms with Gasteiger partial charge in [0.1, 0.15) is 5.58 Å². The van der Waals surface area contributed by atoms with Crippen LogP contribution in [0.5, 0.6) is 0 Å². The van der Waals surface area contributed by atoms with Crippen molar-refractivity contribution < 1.29 is 9.21 Å². The molecule has 2 aromatic rings. The van der Waals surface area contributed by atoms with Crippen LogP contribution < -0.4 is 5.73 Å². The van der Waals surface area contributed by atoms with Crippen LogP contribution in [0.1, 0.15) is 29.5 Å². The van der Waals surface area contributed by atoms with Gasteiger partial charge in [0.15, 0.2) is 5.76 Å². The predicted octanol–water partition coefficient (Wildman–Crippen LogP) is 2.66. The molecule has 0 fully saturated rings. The van der Waals surface area contributed by atoms with Gasteiger partial charge in [0.25, 0.3) is 0 Å². The number of para-hydroxylation sites is 1. The van der Waals surface area contributed by atoms with Gasteiger partial charge in [-0.25, -0.2) is 0 Å². The SMILES string of the molecule is CCC(N)C(=O)c1cc2cccc(C)c2o1. The smallest absolute Gasteiger partial charge is 0.214 e. The maximum absolute atomic E-state index is 11.8. The van der Waals surface area contributed by atoms with Gasteiger partial charge in [-0.05, 0) is 25.0 Å². The standard InChI is InChI=1S/C13H15NO2/c1-3-10(14)12(15)11-7-9-6-4-5-8(2)13(9)16-11/h4-7,10H,3,14H2,1-2H3. The normalized spacial score (nSPS) is 12.9. The number of aryl methyl sites for hydroxylation is 1. The molecule has 1 unspecified atom stereocenters. The van der Waals surface area contributed by atoms with Crippen LogP contribution in [0, 0.1) is 6.92 Å². The van der Waals surface area contributed by atoms with E-state index in [0.29, 0.717) is 12.2 Å². The highest BCUT2D eigenvalue weighted by atomic mass is 16.3. The van der Waals surface area contributed by atoms with Crippen LogP contribution in [0.25, 0.3) is 11.0 Å². The largest absolute Gasteiger partial charge is 0.453 e. The lowest BCUT2D eigenvalue weighted by molar-refractivity contribution is 0.0934. The number of furan rings is 1. The highest BCUT2D eigenvalue weighted by Gasteiger charge is 2.18. The van der Waals surface area contributed by atoms with Crippen LogP contribution >= 0.6 is 0 Å². The average molecular weight is 217 g/mol. The lowest BCUT2D eigenvalue weighted by Gasteiger charge is -2.03. The van der Waals surface area contributed by atoms with Crippen molar-refractivity contribution in [3.05, 3.63) is 35.6 Å². The van der Waals surface area contributed by atoms with E-state index in [0.717, 1.165) is 16.5 Å². The summed E-state index contributed by atoms with van der Waals surface area (Å²) in [6, 6.07) is 7.13. The molecule has 0 saturated heterocycles. The van der Waals surface area contributed by atoms with Gasteiger partial charge < -0.3 is 10.2 Å². The van der Waals surface area contributed by atoms with Gasteiger partial charge in [0, 0.05) is 5.39 Å². The Kier molecular flexibility index (Phi) is 2.79. The molecule has 16 heavy (non-hydrogen) atoms. The fourth-order valence-electron chi connectivity index (χ4n) is 1.70. The Hall–Kier alpha value is -1.61. The molecule has 0 saturated carbocycles. The first-order valence-electron chi connectivity index (χ1n) is 5.42. The molecule has 0 aliphatic heterocycles. The molecule has 0 aliphatic carbocycles. The Morgan fingerprint density at radius 1 is 1.50 bits per heavy atom. The number of rotatable bonds is 3. The Morgan fingerprint density at radius 3 is 2.88 bits per heavy atom. The van der Waals surface area contributed by atoms with Crippen molar-refractivity contribution in [3.8, 4) is 0 Å². The Bertz CT molecular complexity index is 528. The number of fused-ring (bicyclic) bond motifs is 1. The third kappa shape index (κ3) is 1.74. The Morgan fingerprint density at radius 2 is 2.25 bits per heavy atom. The summed E-state index contributed by atoms with van der Waals surface area (Å²) >= 11 is 0. The lowest BCUT2D eigenvalue weighted by Crippen LogP contribution is -2.29. The molecule has 2 rings (SSSR count). The van der Waals surface area contributed by atoms with Crippen LogP contribution in [0.2, 0.25) is 0 Å². The van der Waals surface area contributed by atoms with E-state index in [9.17, 15) is 4.79 Å². The summed E-state index contributed by atoms with van der Waals surface area (Å²) in [5.41, 5.74) is 7.50. The first-order chi connectivity index (χ1) is 7.63. The third-order valence-corrected chi connectivity index (χ3v) is 2.76. The van der Waals surface area contributed by atoms with E-state index in [-0.39, 0.29) is 5.78 Å². The third-order valence-electron chi connectivity index (χ3n) is 2.76. The van der Waals surface area contributed by atoms with Crippen LogP contribution in [0.3, 0.4) is 0 Å². The Labute approximate surface area is 94.2 Å². The fraction of sp³-hybridized carbons (Fsp3) is 0.308. The number of hydrogen-bond acceptors (Lipinski definition) is 3. The number of benzene rings is 1. The molecule has 1 aromatic carbocycles. The summed E-state index contributed by atoms with van der Waals surface area (Å²) in [5.74, 6) is 0.233. The molecule has 0 amide bonds. The first kappa shape index (κ1) is 10.9. The molecule has 0 aliphatic rings. The summed E-state index contributed by atoms with van der Waals surface area (Å²) in [7, 11) is 0. The molecule has 0 radical (unpaired) electrons. The van der Waals surface area contributed by atoms with Crippen molar-refractivity contribution in [1.29, 1.82) is 0 Å². The van der Waals surface area contributed by atoms with Gasteiger partial charge in [0.05, 0.1) is 6.04 Å². The van der Waals surface area contributed by atoms with Crippen molar-refractivity contribution in [2.24, 2.45) is 5.73 Å². The maximum Gasteiger partial charge on any atom is 0.214 e. The minimum Gasteiger partial charge on any atom is -0.453 e. The van der Waals surface area contributed by atoms with E-state index >= 15 is 0 Å². The summed E-state index contributed by atoms with van der Waals surface area (Å²) in [6.07, 6.45) is 0.620. The van der Waals surface area contributed by atoms with Crippen LogP contribution in [0.4, 0.5) is 0 Å². The first-order valence-corrected chi connectivity index (χ1v) is 5.42. The van der Waals surface area contributed by atoms with Crippen LogP contribution in [0.15, 0.2) is 28.7 Å². The van der Waals surface area contributed by atoms with Crippen molar-refractivity contribution in [2.45, 2.75) is 26.3 Å². The van der Waals surface area contributed by atoms with E-state index in [1.54, 1.807) is 6.07 Å². The summed E-state index contributed by atoms with van der Waals surface area (Å²) < 4.78 is 5.55. The number of carbonyl (C=O) groups excluding carboxylic acids is 1. The van der Waals surface area contributed by atoms with E-state index in [4.69, 9.17) is 10.2 Å². The average Bonchev–Trinajstić information content (AvgIpc) is 2.72. The number of Topliss-reactive ketones (excluding diaryl/α,β-unsaturated/α-hetero) is 1. The number of carbonyl (C=O) groups is 1. The lowest BCUT2D eigenvalue weighted by atomic mass is 10.1. The molecule has 1 atom stereocenters. The highest BCUT2D eigenvalue weighted by molar-refractivity contribution is 6.01. The topological polar surface area (TPSA) is 56.2 Å². The van der Waals surface area contributed by atoms with E-state index < -0.39 is 6.04 Å². The number of ketones is 1. The maximum atomic E-state index is 11.8. The van der Waals surface area contributed by atoms with Crippen molar-refractivity contribution in [1.82, 2.24) is 0 Å². The van der Waals surface area contributed by atoms with Crippen molar-refractivity contribution in [3.63, 3.8) is 0 Å². The fourth-order valence-corrected chi connectivity index (χ4v) is 1.70.